The van der Waals surface area contributed by atoms with Crippen molar-refractivity contribution < 1.29 is 22.7 Å². The van der Waals surface area contributed by atoms with Crippen LogP contribution in [0.1, 0.15) is 29.8 Å². The molecule has 0 aromatic heterocycles. The molecular formula is C14H19NO5S. The van der Waals surface area contributed by atoms with Crippen molar-refractivity contribution in [3.05, 3.63) is 29.3 Å². The standard InChI is InChI=1S/C14H19NO5S/c1-9(16)11-5-6-13(20-4)12(7-11)8-21(18,19)10(2)14(17)15-3/h5-7,10H,8H2,1-4H3,(H,15,17)/t10-/m0/s1. The van der Waals surface area contributed by atoms with Gasteiger partial charge in [0.15, 0.2) is 15.6 Å². The van der Waals surface area contributed by atoms with Crippen LogP contribution in [0.3, 0.4) is 0 Å². The second-order valence-corrected chi connectivity index (χ2v) is 6.97. The first kappa shape index (κ1) is 17.2. The Morgan fingerprint density at radius 1 is 1.33 bits per heavy atom. The summed E-state index contributed by atoms with van der Waals surface area (Å²) in [5.41, 5.74) is 0.759. The number of ether oxygens (including phenoxy) is 1. The number of carbonyl (C=O) groups is 2. The normalized spacial score (nSPS) is 12.6. The lowest BCUT2D eigenvalue weighted by molar-refractivity contribution is -0.119. The van der Waals surface area contributed by atoms with E-state index in [4.69, 9.17) is 4.74 Å². The average molecular weight is 313 g/mol. The Bertz CT molecular complexity index is 651. The van der Waals surface area contributed by atoms with Crippen molar-refractivity contribution in [2.45, 2.75) is 24.9 Å². The van der Waals surface area contributed by atoms with E-state index in [9.17, 15) is 18.0 Å². The number of sulfone groups is 1. The fourth-order valence-corrected chi connectivity index (χ4v) is 3.17. The van der Waals surface area contributed by atoms with Crippen LogP contribution in [0.5, 0.6) is 5.75 Å². The van der Waals surface area contributed by atoms with Crippen LogP contribution in [-0.2, 0) is 20.4 Å². The van der Waals surface area contributed by atoms with Crippen LogP contribution in [0, 0.1) is 0 Å². The molecule has 0 spiro atoms. The number of nitrogens with one attached hydrogen (secondary N) is 1. The van der Waals surface area contributed by atoms with Crippen LogP contribution in [0.4, 0.5) is 0 Å². The summed E-state index contributed by atoms with van der Waals surface area (Å²) >= 11 is 0. The molecule has 0 unspecified atom stereocenters. The maximum atomic E-state index is 12.2. The highest BCUT2D eigenvalue weighted by Gasteiger charge is 2.28. The summed E-state index contributed by atoms with van der Waals surface area (Å²) in [6.45, 7) is 2.72. The Morgan fingerprint density at radius 2 is 1.95 bits per heavy atom. The number of Topliss-reactive ketones (excluding diaryl/α,β-unsaturated/α-hetero) is 1. The lowest BCUT2D eigenvalue weighted by Crippen LogP contribution is -2.36. The van der Waals surface area contributed by atoms with Crippen molar-refractivity contribution in [3.63, 3.8) is 0 Å². The lowest BCUT2D eigenvalue weighted by Gasteiger charge is -2.14. The first-order chi connectivity index (χ1) is 9.72. The highest BCUT2D eigenvalue weighted by Crippen LogP contribution is 2.24. The van der Waals surface area contributed by atoms with Gasteiger partial charge < -0.3 is 10.1 Å². The van der Waals surface area contributed by atoms with Crippen molar-refractivity contribution in [3.8, 4) is 5.75 Å². The van der Waals surface area contributed by atoms with Gasteiger partial charge in [-0.25, -0.2) is 8.42 Å². The predicted octanol–water partition coefficient (Wildman–Crippen LogP) is 0.947. The Hall–Kier alpha value is -1.89. The Kier molecular flexibility index (Phi) is 5.48. The number of rotatable bonds is 6. The molecule has 0 fully saturated rings. The minimum absolute atomic E-state index is 0.171. The van der Waals surface area contributed by atoms with E-state index in [0.717, 1.165) is 0 Å². The summed E-state index contributed by atoms with van der Waals surface area (Å²) < 4.78 is 29.6. The number of amides is 1. The van der Waals surface area contributed by atoms with Crippen LogP contribution in [0.2, 0.25) is 0 Å². The van der Waals surface area contributed by atoms with E-state index >= 15 is 0 Å². The molecule has 0 aliphatic carbocycles. The Balaban J connectivity index is 3.19. The molecule has 0 saturated heterocycles. The molecule has 21 heavy (non-hydrogen) atoms. The van der Waals surface area contributed by atoms with Crippen molar-refractivity contribution in [1.82, 2.24) is 5.32 Å². The molecule has 1 atom stereocenters. The third-order valence-corrected chi connectivity index (χ3v) is 5.20. The molecule has 116 valence electrons. The molecule has 1 N–H and O–H groups in total. The zero-order chi connectivity index (χ0) is 16.2. The third-order valence-electron chi connectivity index (χ3n) is 3.20. The number of hydrogen-bond acceptors (Lipinski definition) is 5. The minimum atomic E-state index is -3.70. The fraction of sp³-hybridized carbons (Fsp3) is 0.429. The summed E-state index contributed by atoms with van der Waals surface area (Å²) in [6, 6.07) is 4.60. The lowest BCUT2D eigenvalue weighted by atomic mass is 10.1. The van der Waals surface area contributed by atoms with Gasteiger partial charge in [0.2, 0.25) is 5.91 Å². The summed E-state index contributed by atoms with van der Waals surface area (Å²) in [7, 11) is -0.905. The quantitative estimate of drug-likeness (QED) is 0.790. The van der Waals surface area contributed by atoms with Gasteiger partial charge in [-0.3, -0.25) is 9.59 Å². The van der Waals surface area contributed by atoms with E-state index in [1.807, 2.05) is 0 Å². The molecule has 0 bridgehead atoms. The van der Waals surface area contributed by atoms with Gasteiger partial charge in [-0.1, -0.05) is 0 Å². The van der Waals surface area contributed by atoms with Gasteiger partial charge in [-0.2, -0.15) is 0 Å². The van der Waals surface area contributed by atoms with E-state index in [-0.39, 0.29) is 11.5 Å². The summed E-state index contributed by atoms with van der Waals surface area (Å²) in [5.74, 6) is -0.744. The molecular weight excluding hydrogens is 294 g/mol. The smallest absolute Gasteiger partial charge is 0.237 e. The number of ketones is 1. The highest BCUT2D eigenvalue weighted by molar-refractivity contribution is 7.92. The van der Waals surface area contributed by atoms with Gasteiger partial charge in [-0.15, -0.1) is 0 Å². The molecule has 0 saturated carbocycles. The SMILES string of the molecule is CNC(=O)[C@H](C)S(=O)(=O)Cc1cc(C(C)=O)ccc1OC. The van der Waals surface area contributed by atoms with Crippen molar-refractivity contribution in [2.75, 3.05) is 14.2 Å². The summed E-state index contributed by atoms with van der Waals surface area (Å²) in [5, 5.41) is 1.14. The van der Waals surface area contributed by atoms with E-state index in [0.29, 0.717) is 16.9 Å². The second-order valence-electron chi connectivity index (χ2n) is 4.65. The van der Waals surface area contributed by atoms with Crippen LogP contribution in [-0.4, -0.2) is 39.5 Å². The van der Waals surface area contributed by atoms with Gasteiger partial charge in [0.05, 0.1) is 12.9 Å². The number of carbonyl (C=O) groups excluding carboxylic acids is 2. The first-order valence-electron chi connectivity index (χ1n) is 6.34. The van der Waals surface area contributed by atoms with Crippen molar-refractivity contribution >= 4 is 21.5 Å². The number of benzene rings is 1. The number of methoxy groups -OCH3 is 1. The van der Waals surface area contributed by atoms with Gasteiger partial charge in [-0.05, 0) is 32.0 Å². The summed E-state index contributed by atoms with van der Waals surface area (Å²) in [4.78, 5) is 22.9. The zero-order valence-corrected chi connectivity index (χ0v) is 13.3. The molecule has 7 heteroatoms. The predicted molar refractivity (Wildman–Crippen MR) is 79.2 cm³/mol. The maximum absolute atomic E-state index is 12.2. The van der Waals surface area contributed by atoms with E-state index in [2.05, 4.69) is 5.32 Å². The molecule has 1 aromatic carbocycles. The van der Waals surface area contributed by atoms with Crippen LogP contribution in [0.25, 0.3) is 0 Å². The average Bonchev–Trinajstić information content (AvgIpc) is 2.44. The molecule has 0 aliphatic heterocycles. The number of hydrogen-bond donors (Lipinski definition) is 1. The minimum Gasteiger partial charge on any atom is -0.496 e. The van der Waals surface area contributed by atoms with Crippen LogP contribution in [0.15, 0.2) is 18.2 Å². The molecule has 1 rings (SSSR count). The van der Waals surface area contributed by atoms with Gasteiger partial charge in [0, 0.05) is 18.2 Å². The van der Waals surface area contributed by atoms with E-state index < -0.39 is 21.0 Å². The van der Waals surface area contributed by atoms with Gasteiger partial charge in [0.1, 0.15) is 11.0 Å². The topological polar surface area (TPSA) is 89.5 Å². The van der Waals surface area contributed by atoms with Gasteiger partial charge >= 0.3 is 0 Å². The van der Waals surface area contributed by atoms with Crippen LogP contribution >= 0.6 is 0 Å². The zero-order valence-electron chi connectivity index (χ0n) is 12.5. The molecule has 1 amide bonds. The summed E-state index contributed by atoms with van der Waals surface area (Å²) in [6.07, 6.45) is 0. The first-order valence-corrected chi connectivity index (χ1v) is 8.05. The van der Waals surface area contributed by atoms with Crippen LogP contribution < -0.4 is 10.1 Å². The third kappa shape index (κ3) is 4.04. The molecule has 0 radical (unpaired) electrons. The Morgan fingerprint density at radius 3 is 2.43 bits per heavy atom. The molecule has 6 nitrogen and oxygen atoms in total. The van der Waals surface area contributed by atoms with Crippen molar-refractivity contribution in [1.29, 1.82) is 0 Å². The molecule has 0 heterocycles. The Labute approximate surface area is 124 Å². The largest absolute Gasteiger partial charge is 0.496 e. The van der Waals surface area contributed by atoms with Gasteiger partial charge in [0.25, 0.3) is 0 Å². The molecule has 1 aromatic rings. The monoisotopic (exact) mass is 313 g/mol. The highest BCUT2D eigenvalue weighted by atomic mass is 32.2. The van der Waals surface area contributed by atoms with E-state index in [1.165, 1.54) is 34.1 Å². The maximum Gasteiger partial charge on any atom is 0.237 e. The van der Waals surface area contributed by atoms with Crippen molar-refractivity contribution in [2.24, 2.45) is 0 Å². The fourth-order valence-electron chi connectivity index (χ4n) is 1.82. The second kappa shape index (κ2) is 6.71. The van der Waals surface area contributed by atoms with E-state index in [1.54, 1.807) is 12.1 Å². The molecule has 0 aliphatic rings.